The van der Waals surface area contributed by atoms with E-state index in [-0.39, 0.29) is 18.5 Å². The van der Waals surface area contributed by atoms with Gasteiger partial charge >= 0.3 is 0 Å². The Labute approximate surface area is 118 Å². The molecule has 3 N–H and O–H groups in total. The van der Waals surface area contributed by atoms with Gasteiger partial charge in [0.2, 0.25) is 16.8 Å². The summed E-state index contributed by atoms with van der Waals surface area (Å²) in [4.78, 5) is 23.5. The van der Waals surface area contributed by atoms with Crippen molar-refractivity contribution in [2.75, 3.05) is 11.9 Å². The molecule has 0 heterocycles. The maximum Gasteiger partial charge on any atom is 0.253 e. The van der Waals surface area contributed by atoms with Gasteiger partial charge < -0.3 is 10.6 Å². The summed E-state index contributed by atoms with van der Waals surface area (Å²) in [6, 6.07) is 6.47. The van der Waals surface area contributed by atoms with Crippen molar-refractivity contribution >= 4 is 28.4 Å². The number of nitrogens with one attached hydrogen (secondary N) is 3. The molecule has 1 rings (SSSR count). The fraction of sp³-hybridized carbons (Fsp3) is 0.333. The van der Waals surface area contributed by atoms with Crippen LogP contribution in [-0.2, 0) is 15.7 Å². The zero-order valence-corrected chi connectivity index (χ0v) is 12.1. The smallest absolute Gasteiger partial charge is 0.253 e. The summed E-state index contributed by atoms with van der Waals surface area (Å²) in [5.41, 5.74) is 0.652. The van der Waals surface area contributed by atoms with E-state index in [4.69, 9.17) is 0 Å². The van der Waals surface area contributed by atoms with E-state index >= 15 is 0 Å². The van der Waals surface area contributed by atoms with Gasteiger partial charge in [-0.2, -0.15) is 0 Å². The van der Waals surface area contributed by atoms with Crippen LogP contribution >= 0.6 is 0 Å². The van der Waals surface area contributed by atoms with Gasteiger partial charge in [0.05, 0.1) is 17.8 Å². The molecule has 20 heavy (non-hydrogen) atoms. The molecule has 0 aromatic heterocycles. The van der Waals surface area contributed by atoms with Crippen LogP contribution in [0.4, 0.5) is 5.69 Å². The molecule has 0 atom stereocenters. The number of carbonyl (C=O) groups excluding carboxylic acids is 2. The SMILES string of the molecule is CC(C)NC(=O)c1ccccc1NC(=O)CN[SH](=O)=O. The maximum absolute atomic E-state index is 11.9. The third-order valence-electron chi connectivity index (χ3n) is 2.23. The number of rotatable bonds is 6. The summed E-state index contributed by atoms with van der Waals surface area (Å²) in [6.45, 7) is 3.28. The molecule has 0 radical (unpaired) electrons. The highest BCUT2D eigenvalue weighted by atomic mass is 32.2. The van der Waals surface area contributed by atoms with Gasteiger partial charge in [-0.15, -0.1) is 0 Å². The van der Waals surface area contributed by atoms with Crippen LogP contribution in [0.5, 0.6) is 0 Å². The monoisotopic (exact) mass is 299 g/mol. The molecule has 1 aromatic carbocycles. The molecule has 0 fully saturated rings. The van der Waals surface area contributed by atoms with Crippen LogP contribution < -0.4 is 15.4 Å². The molecule has 0 spiro atoms. The largest absolute Gasteiger partial charge is 0.350 e. The highest BCUT2D eigenvalue weighted by Gasteiger charge is 2.13. The van der Waals surface area contributed by atoms with Crippen LogP contribution in [0.15, 0.2) is 24.3 Å². The normalized spacial score (nSPS) is 10.6. The standard InChI is InChI=1S/C12H17N3O4S/c1-8(2)14-12(17)9-5-3-4-6-10(9)15-11(16)7-13-20(18)19/h3-6,8,20H,7H2,1-2H3,(H,14,17)(H,15,16)(H,13,18,19). The van der Waals surface area contributed by atoms with Gasteiger partial charge in [0.25, 0.3) is 5.91 Å². The molecular weight excluding hydrogens is 282 g/mol. The molecular formula is C12H17N3O4S. The van der Waals surface area contributed by atoms with Crippen molar-refractivity contribution in [2.24, 2.45) is 0 Å². The van der Waals surface area contributed by atoms with Crippen LogP contribution in [-0.4, -0.2) is 32.8 Å². The highest BCUT2D eigenvalue weighted by molar-refractivity contribution is 7.70. The number of carbonyl (C=O) groups is 2. The summed E-state index contributed by atoms with van der Waals surface area (Å²) >= 11 is 0. The lowest BCUT2D eigenvalue weighted by molar-refractivity contribution is -0.115. The second kappa shape index (κ2) is 7.61. The maximum atomic E-state index is 11.9. The van der Waals surface area contributed by atoms with Crippen LogP contribution in [0.1, 0.15) is 24.2 Å². The van der Waals surface area contributed by atoms with Crippen molar-refractivity contribution in [2.45, 2.75) is 19.9 Å². The second-order valence-electron chi connectivity index (χ2n) is 4.31. The van der Waals surface area contributed by atoms with E-state index in [0.717, 1.165) is 0 Å². The number of anilines is 1. The molecule has 1 aromatic rings. The van der Waals surface area contributed by atoms with Crippen LogP contribution in [0.25, 0.3) is 0 Å². The van der Waals surface area contributed by atoms with E-state index in [1.165, 1.54) is 0 Å². The van der Waals surface area contributed by atoms with Crippen molar-refractivity contribution in [3.05, 3.63) is 29.8 Å². The zero-order chi connectivity index (χ0) is 15.1. The average molecular weight is 299 g/mol. The average Bonchev–Trinajstić information content (AvgIpc) is 2.36. The van der Waals surface area contributed by atoms with E-state index < -0.39 is 16.8 Å². The number of amides is 2. The summed E-state index contributed by atoms with van der Waals surface area (Å²) in [7, 11) is -2.83. The van der Waals surface area contributed by atoms with Gasteiger partial charge in [-0.1, -0.05) is 12.1 Å². The van der Waals surface area contributed by atoms with Crippen molar-refractivity contribution in [3.8, 4) is 0 Å². The Hall–Kier alpha value is -1.93. The number of para-hydroxylation sites is 1. The molecule has 0 aliphatic rings. The fourth-order valence-corrected chi connectivity index (χ4v) is 1.73. The van der Waals surface area contributed by atoms with Crippen LogP contribution in [0, 0.1) is 0 Å². The molecule has 0 bridgehead atoms. The third kappa shape index (κ3) is 5.37. The summed E-state index contributed by atoms with van der Waals surface area (Å²) in [6.07, 6.45) is 0. The lowest BCUT2D eigenvalue weighted by Gasteiger charge is -2.12. The van der Waals surface area contributed by atoms with Gasteiger partial charge in [-0.3, -0.25) is 9.59 Å². The molecule has 0 aliphatic carbocycles. The number of thiol groups is 1. The van der Waals surface area contributed by atoms with Crippen molar-refractivity contribution in [1.29, 1.82) is 0 Å². The molecule has 0 aliphatic heterocycles. The lowest BCUT2D eigenvalue weighted by Crippen LogP contribution is -2.32. The van der Waals surface area contributed by atoms with Gasteiger partial charge in [0.15, 0.2) is 0 Å². The predicted octanol–water partition coefficient (Wildman–Crippen LogP) is -0.121. The first kappa shape index (κ1) is 16.1. The van der Waals surface area contributed by atoms with Crippen LogP contribution in [0.3, 0.4) is 0 Å². The molecule has 0 saturated heterocycles. The minimum Gasteiger partial charge on any atom is -0.350 e. The van der Waals surface area contributed by atoms with Gasteiger partial charge in [-0.05, 0) is 26.0 Å². The quantitative estimate of drug-likeness (QED) is 0.550. The first-order valence-corrected chi connectivity index (χ1v) is 7.15. The summed E-state index contributed by atoms with van der Waals surface area (Å²) < 4.78 is 22.7. The minimum atomic E-state index is -2.83. The van der Waals surface area contributed by atoms with Gasteiger partial charge in [0, 0.05) is 6.04 Å². The molecule has 0 unspecified atom stereocenters. The Kier molecular flexibility index (Phi) is 6.13. The molecule has 8 heteroatoms. The highest BCUT2D eigenvalue weighted by Crippen LogP contribution is 2.14. The zero-order valence-electron chi connectivity index (χ0n) is 11.2. The molecule has 110 valence electrons. The Morgan fingerprint density at radius 1 is 1.20 bits per heavy atom. The summed E-state index contributed by atoms with van der Waals surface area (Å²) in [5.74, 6) is -0.854. The Morgan fingerprint density at radius 2 is 1.85 bits per heavy atom. The first-order chi connectivity index (χ1) is 9.40. The van der Waals surface area contributed by atoms with E-state index in [1.807, 2.05) is 18.6 Å². The van der Waals surface area contributed by atoms with Gasteiger partial charge in [-0.25, -0.2) is 13.1 Å². The Bertz CT molecular complexity index is 562. The predicted molar refractivity (Wildman–Crippen MR) is 76.0 cm³/mol. The van der Waals surface area contributed by atoms with E-state index in [0.29, 0.717) is 11.3 Å². The van der Waals surface area contributed by atoms with E-state index in [1.54, 1.807) is 24.3 Å². The third-order valence-corrected chi connectivity index (χ3v) is 2.65. The molecule has 2 amide bonds. The number of benzene rings is 1. The molecule has 7 nitrogen and oxygen atoms in total. The summed E-state index contributed by atoms with van der Waals surface area (Å²) in [5, 5.41) is 5.21. The van der Waals surface area contributed by atoms with Crippen molar-refractivity contribution in [3.63, 3.8) is 0 Å². The van der Waals surface area contributed by atoms with Crippen molar-refractivity contribution in [1.82, 2.24) is 10.0 Å². The van der Waals surface area contributed by atoms with E-state index in [9.17, 15) is 18.0 Å². The lowest BCUT2D eigenvalue weighted by atomic mass is 10.1. The van der Waals surface area contributed by atoms with Gasteiger partial charge in [0.1, 0.15) is 0 Å². The number of hydrogen-bond donors (Lipinski definition) is 4. The first-order valence-electron chi connectivity index (χ1n) is 5.97. The van der Waals surface area contributed by atoms with Crippen molar-refractivity contribution < 1.29 is 18.0 Å². The topological polar surface area (TPSA) is 104 Å². The van der Waals surface area contributed by atoms with E-state index in [2.05, 4.69) is 10.6 Å². The second-order valence-corrected chi connectivity index (χ2v) is 5.14. The van der Waals surface area contributed by atoms with Crippen LogP contribution in [0.2, 0.25) is 0 Å². The number of hydrogen-bond acceptors (Lipinski definition) is 4. The Balaban J connectivity index is 2.80. The Morgan fingerprint density at radius 3 is 2.45 bits per heavy atom. The fourth-order valence-electron chi connectivity index (χ4n) is 1.46. The molecule has 0 saturated carbocycles. The minimum absolute atomic E-state index is 0.0302.